The van der Waals surface area contributed by atoms with E-state index >= 15 is 0 Å². The van der Waals surface area contributed by atoms with Crippen LogP contribution >= 0.6 is 0 Å². The van der Waals surface area contributed by atoms with E-state index in [-0.39, 0.29) is 12.6 Å². The molecule has 19 heavy (non-hydrogen) atoms. The Morgan fingerprint density at radius 1 is 1.42 bits per heavy atom. The van der Waals surface area contributed by atoms with Crippen LogP contribution in [0.4, 0.5) is 13.2 Å². The molecule has 0 saturated carbocycles. The minimum atomic E-state index is -4.15. The van der Waals surface area contributed by atoms with Gasteiger partial charge in [-0.3, -0.25) is 4.99 Å². The highest BCUT2D eigenvalue weighted by molar-refractivity contribution is 5.79. The number of aliphatic imine (C=N–C) groups is 1. The summed E-state index contributed by atoms with van der Waals surface area (Å²) in [5.74, 6) is 0.362. The van der Waals surface area contributed by atoms with Crippen LogP contribution in [-0.4, -0.2) is 70.0 Å². The summed E-state index contributed by atoms with van der Waals surface area (Å²) in [5, 5.41) is 5.59. The molecule has 1 rings (SSSR count). The third-order valence-corrected chi connectivity index (χ3v) is 2.76. The molecule has 0 aliphatic carbocycles. The largest absolute Gasteiger partial charge is 0.390 e. The van der Waals surface area contributed by atoms with Gasteiger partial charge in [0, 0.05) is 33.2 Å². The maximum atomic E-state index is 12.0. The molecule has 0 spiro atoms. The summed E-state index contributed by atoms with van der Waals surface area (Å²) in [6.45, 7) is 2.70. The van der Waals surface area contributed by atoms with Crippen LogP contribution in [0.5, 0.6) is 0 Å². The van der Waals surface area contributed by atoms with Gasteiger partial charge in [-0.2, -0.15) is 13.2 Å². The van der Waals surface area contributed by atoms with Gasteiger partial charge in [0.25, 0.3) is 0 Å². The van der Waals surface area contributed by atoms with Gasteiger partial charge in [-0.15, -0.1) is 0 Å². The van der Waals surface area contributed by atoms with Crippen LogP contribution in [0.15, 0.2) is 4.99 Å². The molecule has 0 bridgehead atoms. The molecule has 0 radical (unpaired) electrons. The first-order valence-corrected chi connectivity index (χ1v) is 6.22. The monoisotopic (exact) mass is 282 g/mol. The van der Waals surface area contributed by atoms with Crippen molar-refractivity contribution in [1.82, 2.24) is 15.5 Å². The SMILES string of the molecule is CN=C(NCCC(F)(F)F)NCC1CN(C)CCO1. The lowest BCUT2D eigenvalue weighted by molar-refractivity contribution is -0.132. The minimum absolute atomic E-state index is 0.0277. The highest BCUT2D eigenvalue weighted by Gasteiger charge is 2.26. The summed E-state index contributed by atoms with van der Waals surface area (Å²) in [7, 11) is 3.53. The Hall–Kier alpha value is -1.02. The van der Waals surface area contributed by atoms with Crippen LogP contribution in [0.25, 0.3) is 0 Å². The van der Waals surface area contributed by atoms with Crippen molar-refractivity contribution in [2.45, 2.75) is 18.7 Å². The number of guanidine groups is 1. The minimum Gasteiger partial charge on any atom is -0.374 e. The first kappa shape index (κ1) is 16.0. The number of hydrogen-bond donors (Lipinski definition) is 2. The summed E-state index contributed by atoms with van der Waals surface area (Å²) in [4.78, 5) is 6.02. The first-order valence-electron chi connectivity index (χ1n) is 6.22. The lowest BCUT2D eigenvalue weighted by Gasteiger charge is -2.30. The molecule has 1 aliphatic heterocycles. The van der Waals surface area contributed by atoms with Gasteiger partial charge in [0.1, 0.15) is 0 Å². The van der Waals surface area contributed by atoms with Gasteiger partial charge in [0.15, 0.2) is 5.96 Å². The van der Waals surface area contributed by atoms with Gasteiger partial charge in [-0.25, -0.2) is 0 Å². The maximum absolute atomic E-state index is 12.0. The second kappa shape index (κ2) is 7.54. The fraction of sp³-hybridized carbons (Fsp3) is 0.909. The molecule has 1 heterocycles. The first-order chi connectivity index (χ1) is 8.90. The molecule has 1 fully saturated rings. The van der Waals surface area contributed by atoms with E-state index in [1.165, 1.54) is 7.05 Å². The van der Waals surface area contributed by atoms with E-state index in [9.17, 15) is 13.2 Å². The van der Waals surface area contributed by atoms with E-state index in [2.05, 4.69) is 20.5 Å². The lowest BCUT2D eigenvalue weighted by Crippen LogP contribution is -2.48. The average Bonchev–Trinajstić information content (AvgIpc) is 2.32. The quantitative estimate of drug-likeness (QED) is 0.580. The number of ether oxygens (including phenoxy) is 1. The van der Waals surface area contributed by atoms with Crippen molar-refractivity contribution in [3.05, 3.63) is 0 Å². The zero-order valence-electron chi connectivity index (χ0n) is 11.3. The number of nitrogens with one attached hydrogen (secondary N) is 2. The molecule has 0 aromatic rings. The van der Waals surface area contributed by atoms with E-state index in [1.807, 2.05) is 7.05 Å². The van der Waals surface area contributed by atoms with E-state index in [0.717, 1.165) is 13.1 Å². The summed E-state index contributed by atoms with van der Waals surface area (Å²) in [6, 6.07) is 0. The smallest absolute Gasteiger partial charge is 0.374 e. The van der Waals surface area contributed by atoms with Crippen LogP contribution in [-0.2, 0) is 4.74 Å². The zero-order valence-corrected chi connectivity index (χ0v) is 11.3. The maximum Gasteiger partial charge on any atom is 0.390 e. The summed E-state index contributed by atoms with van der Waals surface area (Å²) in [6.07, 6.45) is -5.00. The Bertz CT molecular complexity index is 296. The van der Waals surface area contributed by atoms with Crippen LogP contribution in [0.3, 0.4) is 0 Å². The summed E-state index contributed by atoms with van der Waals surface area (Å²) < 4.78 is 41.5. The van der Waals surface area contributed by atoms with E-state index in [0.29, 0.717) is 19.1 Å². The number of halogens is 3. The van der Waals surface area contributed by atoms with Gasteiger partial charge in [-0.05, 0) is 7.05 Å². The highest BCUT2D eigenvalue weighted by Crippen LogP contribution is 2.17. The van der Waals surface area contributed by atoms with Crippen LogP contribution in [0.2, 0.25) is 0 Å². The van der Waals surface area contributed by atoms with Crippen molar-refractivity contribution in [2.75, 3.05) is 46.9 Å². The molecule has 1 atom stereocenters. The van der Waals surface area contributed by atoms with Crippen molar-refractivity contribution in [3.8, 4) is 0 Å². The van der Waals surface area contributed by atoms with Gasteiger partial charge >= 0.3 is 6.18 Å². The topological polar surface area (TPSA) is 48.9 Å². The van der Waals surface area contributed by atoms with E-state index < -0.39 is 12.6 Å². The Balaban J connectivity index is 2.21. The number of nitrogens with zero attached hydrogens (tertiary/aromatic N) is 2. The molecule has 1 unspecified atom stereocenters. The predicted molar refractivity (Wildman–Crippen MR) is 67.3 cm³/mol. The van der Waals surface area contributed by atoms with Gasteiger partial charge in [0.2, 0.25) is 0 Å². The molecule has 0 aromatic carbocycles. The predicted octanol–water partition coefficient (Wildman–Crippen LogP) is 0.434. The third kappa shape index (κ3) is 7.22. The number of hydrogen-bond acceptors (Lipinski definition) is 3. The fourth-order valence-electron chi connectivity index (χ4n) is 1.74. The Morgan fingerprint density at radius 3 is 2.74 bits per heavy atom. The fourth-order valence-corrected chi connectivity index (χ4v) is 1.74. The molecule has 2 N–H and O–H groups in total. The summed E-state index contributed by atoms with van der Waals surface area (Å²) in [5.41, 5.74) is 0. The molecular weight excluding hydrogens is 261 g/mol. The molecule has 8 heteroatoms. The lowest BCUT2D eigenvalue weighted by atomic mass is 10.3. The number of alkyl halides is 3. The Labute approximate surface area is 111 Å². The molecule has 5 nitrogen and oxygen atoms in total. The second-order valence-electron chi connectivity index (χ2n) is 4.50. The van der Waals surface area contributed by atoms with Crippen LogP contribution in [0, 0.1) is 0 Å². The third-order valence-electron chi connectivity index (χ3n) is 2.76. The van der Waals surface area contributed by atoms with Crippen molar-refractivity contribution >= 4 is 5.96 Å². The molecular formula is C11H21F3N4O. The number of rotatable bonds is 4. The zero-order chi connectivity index (χ0) is 14.3. The van der Waals surface area contributed by atoms with Crippen molar-refractivity contribution in [2.24, 2.45) is 4.99 Å². The molecule has 1 saturated heterocycles. The van der Waals surface area contributed by atoms with Crippen LogP contribution in [0.1, 0.15) is 6.42 Å². The second-order valence-corrected chi connectivity index (χ2v) is 4.50. The normalized spacial score (nSPS) is 22.4. The van der Waals surface area contributed by atoms with Crippen molar-refractivity contribution < 1.29 is 17.9 Å². The van der Waals surface area contributed by atoms with Gasteiger partial charge < -0.3 is 20.3 Å². The molecule has 0 aromatic heterocycles. The van der Waals surface area contributed by atoms with Crippen molar-refractivity contribution in [1.29, 1.82) is 0 Å². The number of morpholine rings is 1. The Kier molecular flexibility index (Phi) is 6.36. The molecule has 1 aliphatic rings. The summed E-state index contributed by atoms with van der Waals surface area (Å²) >= 11 is 0. The van der Waals surface area contributed by atoms with Crippen LogP contribution < -0.4 is 10.6 Å². The number of likely N-dealkylation sites (N-methyl/N-ethyl adjacent to an activating group) is 1. The van der Waals surface area contributed by atoms with E-state index in [1.54, 1.807) is 0 Å². The average molecular weight is 282 g/mol. The standard InChI is InChI=1S/C11H21F3N4O/c1-15-10(16-4-3-11(12,13)14)17-7-9-8-18(2)5-6-19-9/h9H,3-8H2,1-2H3,(H2,15,16,17). The molecule has 0 amide bonds. The van der Waals surface area contributed by atoms with E-state index in [4.69, 9.17) is 4.74 Å². The molecule has 112 valence electrons. The van der Waals surface area contributed by atoms with Gasteiger partial charge in [-0.1, -0.05) is 0 Å². The van der Waals surface area contributed by atoms with Crippen molar-refractivity contribution in [3.63, 3.8) is 0 Å². The highest BCUT2D eigenvalue weighted by atomic mass is 19.4. The van der Waals surface area contributed by atoms with Gasteiger partial charge in [0.05, 0.1) is 19.1 Å². The Morgan fingerprint density at radius 2 is 2.16 bits per heavy atom.